The van der Waals surface area contributed by atoms with Gasteiger partial charge >= 0.3 is 0 Å². The number of carbonyl (C=O) groups excluding carboxylic acids is 1. The van der Waals surface area contributed by atoms with Crippen LogP contribution in [0, 0.1) is 35.0 Å². The molecule has 0 aromatic rings. The molecule has 0 aromatic heterocycles. The van der Waals surface area contributed by atoms with E-state index >= 15 is 0 Å². The number of allylic oxidation sites excluding steroid dienone is 2. The Kier molecular flexibility index (Phi) is 3.22. The average molecular weight is 234 g/mol. The Morgan fingerprint density at radius 3 is 2.59 bits per heavy atom. The standard InChI is InChI=1S/C16H26O/c1-10-6-11(2)15-14(9-17)13(4)12(3)8-16(15,5)7-10/h8-11,13-15H,6-7H2,1-5H3/t10-,11+,13?,14-,15+,16-/m0/s1. The molecule has 1 saturated carbocycles. The molecule has 1 fully saturated rings. The van der Waals surface area contributed by atoms with E-state index in [9.17, 15) is 4.79 Å². The molecule has 0 aliphatic heterocycles. The van der Waals surface area contributed by atoms with Gasteiger partial charge in [-0.15, -0.1) is 0 Å². The van der Waals surface area contributed by atoms with Crippen LogP contribution in [0.15, 0.2) is 11.6 Å². The summed E-state index contributed by atoms with van der Waals surface area (Å²) in [6.45, 7) is 11.5. The number of aldehydes is 1. The van der Waals surface area contributed by atoms with E-state index in [-0.39, 0.29) is 11.3 Å². The van der Waals surface area contributed by atoms with Crippen LogP contribution >= 0.6 is 0 Å². The molecule has 96 valence electrons. The van der Waals surface area contributed by atoms with E-state index in [1.54, 1.807) is 0 Å². The molecule has 0 bridgehead atoms. The summed E-state index contributed by atoms with van der Waals surface area (Å²) >= 11 is 0. The summed E-state index contributed by atoms with van der Waals surface area (Å²) in [5.74, 6) is 2.67. The fourth-order valence-electron chi connectivity index (χ4n) is 4.84. The Hall–Kier alpha value is -0.590. The zero-order chi connectivity index (χ0) is 12.8. The number of hydrogen-bond donors (Lipinski definition) is 0. The first kappa shape index (κ1) is 12.9. The van der Waals surface area contributed by atoms with Gasteiger partial charge in [-0.2, -0.15) is 0 Å². The molecule has 0 aromatic carbocycles. The van der Waals surface area contributed by atoms with Crippen molar-refractivity contribution in [3.05, 3.63) is 11.6 Å². The summed E-state index contributed by atoms with van der Waals surface area (Å²) in [4.78, 5) is 11.5. The Labute approximate surface area is 106 Å². The number of fused-ring (bicyclic) bond motifs is 1. The van der Waals surface area contributed by atoms with E-state index in [0.717, 1.165) is 5.92 Å². The molecule has 6 atom stereocenters. The maximum atomic E-state index is 11.5. The van der Waals surface area contributed by atoms with E-state index in [0.29, 0.717) is 17.8 Å². The Morgan fingerprint density at radius 1 is 1.35 bits per heavy atom. The minimum absolute atomic E-state index is 0.229. The van der Waals surface area contributed by atoms with E-state index in [2.05, 4.69) is 40.7 Å². The van der Waals surface area contributed by atoms with Crippen molar-refractivity contribution in [1.82, 2.24) is 0 Å². The van der Waals surface area contributed by atoms with Crippen molar-refractivity contribution in [2.45, 2.75) is 47.5 Å². The molecule has 17 heavy (non-hydrogen) atoms. The van der Waals surface area contributed by atoms with Gasteiger partial charge in [-0.3, -0.25) is 0 Å². The molecule has 0 radical (unpaired) electrons. The van der Waals surface area contributed by atoms with Crippen molar-refractivity contribution in [2.24, 2.45) is 35.0 Å². The van der Waals surface area contributed by atoms with Gasteiger partial charge in [0.1, 0.15) is 6.29 Å². The monoisotopic (exact) mass is 234 g/mol. The maximum absolute atomic E-state index is 11.5. The van der Waals surface area contributed by atoms with Crippen molar-refractivity contribution >= 4 is 6.29 Å². The fraction of sp³-hybridized carbons (Fsp3) is 0.812. The van der Waals surface area contributed by atoms with Gasteiger partial charge in [0.2, 0.25) is 0 Å². The molecule has 2 aliphatic rings. The van der Waals surface area contributed by atoms with E-state index < -0.39 is 0 Å². The summed E-state index contributed by atoms with van der Waals surface area (Å²) in [6.07, 6.45) is 6.24. The van der Waals surface area contributed by atoms with Gasteiger partial charge in [-0.1, -0.05) is 39.3 Å². The first-order chi connectivity index (χ1) is 7.89. The molecule has 0 spiro atoms. The van der Waals surface area contributed by atoms with Gasteiger partial charge in [0.25, 0.3) is 0 Å². The van der Waals surface area contributed by atoms with Crippen LogP contribution in [0.1, 0.15) is 47.5 Å². The molecule has 1 heteroatoms. The smallest absolute Gasteiger partial charge is 0.123 e. The zero-order valence-electron chi connectivity index (χ0n) is 11.9. The largest absolute Gasteiger partial charge is 0.303 e. The highest BCUT2D eigenvalue weighted by Crippen LogP contribution is 2.55. The zero-order valence-corrected chi connectivity index (χ0v) is 11.9. The number of hydrogen-bond acceptors (Lipinski definition) is 1. The SMILES string of the molecule is CC1=C[C@]2(C)C[C@@H](C)C[C@@H](C)[C@@H]2[C@@H](C=O)C1C. The van der Waals surface area contributed by atoms with Gasteiger partial charge < -0.3 is 4.79 Å². The number of rotatable bonds is 1. The summed E-state index contributed by atoms with van der Waals surface area (Å²) in [5.41, 5.74) is 1.67. The van der Waals surface area contributed by atoms with E-state index in [1.807, 2.05) is 0 Å². The van der Waals surface area contributed by atoms with Crippen molar-refractivity contribution in [1.29, 1.82) is 0 Å². The van der Waals surface area contributed by atoms with Crippen LogP contribution in [-0.4, -0.2) is 6.29 Å². The third-order valence-electron chi connectivity index (χ3n) is 5.36. The highest BCUT2D eigenvalue weighted by atomic mass is 16.1. The normalized spacial score (nSPS) is 50.4. The highest BCUT2D eigenvalue weighted by Gasteiger charge is 2.49. The predicted octanol–water partition coefficient (Wildman–Crippen LogP) is 4.09. The molecule has 0 heterocycles. The predicted molar refractivity (Wildman–Crippen MR) is 71.6 cm³/mol. The summed E-state index contributed by atoms with van der Waals surface area (Å²) in [6, 6.07) is 0. The quantitative estimate of drug-likeness (QED) is 0.493. The Balaban J connectivity index is 2.44. The first-order valence-electron chi connectivity index (χ1n) is 7.03. The first-order valence-corrected chi connectivity index (χ1v) is 7.03. The highest BCUT2D eigenvalue weighted by molar-refractivity contribution is 5.57. The summed E-state index contributed by atoms with van der Waals surface area (Å²) in [5, 5.41) is 0. The lowest BCUT2D eigenvalue weighted by Gasteiger charge is -2.53. The second-order valence-electron chi connectivity index (χ2n) is 6.94. The molecule has 0 N–H and O–H groups in total. The molecule has 2 aliphatic carbocycles. The molecule has 0 saturated heterocycles. The van der Waals surface area contributed by atoms with Crippen molar-refractivity contribution in [3.8, 4) is 0 Å². The topological polar surface area (TPSA) is 17.1 Å². The Morgan fingerprint density at radius 2 is 2.00 bits per heavy atom. The molecule has 1 unspecified atom stereocenters. The van der Waals surface area contributed by atoms with Crippen LogP contribution in [0.2, 0.25) is 0 Å². The van der Waals surface area contributed by atoms with Crippen molar-refractivity contribution in [3.63, 3.8) is 0 Å². The second-order valence-corrected chi connectivity index (χ2v) is 6.94. The lowest BCUT2D eigenvalue weighted by Crippen LogP contribution is -2.47. The van der Waals surface area contributed by atoms with Crippen LogP contribution in [0.4, 0.5) is 0 Å². The summed E-state index contributed by atoms with van der Waals surface area (Å²) in [7, 11) is 0. The van der Waals surface area contributed by atoms with Gasteiger partial charge in [-0.25, -0.2) is 0 Å². The van der Waals surface area contributed by atoms with Gasteiger partial charge in [0.15, 0.2) is 0 Å². The van der Waals surface area contributed by atoms with Crippen LogP contribution in [0.25, 0.3) is 0 Å². The van der Waals surface area contributed by atoms with Gasteiger partial charge in [0.05, 0.1) is 0 Å². The van der Waals surface area contributed by atoms with Gasteiger partial charge in [-0.05, 0) is 48.9 Å². The van der Waals surface area contributed by atoms with E-state index in [4.69, 9.17) is 0 Å². The molecule has 1 nitrogen and oxygen atoms in total. The van der Waals surface area contributed by atoms with Crippen LogP contribution in [-0.2, 0) is 4.79 Å². The summed E-state index contributed by atoms with van der Waals surface area (Å²) < 4.78 is 0. The minimum atomic E-state index is 0.229. The van der Waals surface area contributed by atoms with Crippen molar-refractivity contribution < 1.29 is 4.79 Å². The third-order valence-corrected chi connectivity index (χ3v) is 5.36. The van der Waals surface area contributed by atoms with Crippen LogP contribution < -0.4 is 0 Å². The molecule has 0 amide bonds. The van der Waals surface area contributed by atoms with E-state index in [1.165, 1.54) is 24.7 Å². The maximum Gasteiger partial charge on any atom is 0.123 e. The lowest BCUT2D eigenvalue weighted by molar-refractivity contribution is -0.119. The molecular weight excluding hydrogens is 208 g/mol. The average Bonchev–Trinajstić information content (AvgIpc) is 2.20. The number of carbonyl (C=O) groups is 1. The van der Waals surface area contributed by atoms with Gasteiger partial charge in [0, 0.05) is 5.92 Å². The van der Waals surface area contributed by atoms with Crippen LogP contribution in [0.3, 0.4) is 0 Å². The minimum Gasteiger partial charge on any atom is -0.303 e. The third kappa shape index (κ3) is 1.98. The molecule has 2 rings (SSSR count). The fourth-order valence-corrected chi connectivity index (χ4v) is 4.84. The van der Waals surface area contributed by atoms with Crippen molar-refractivity contribution in [2.75, 3.05) is 0 Å². The lowest BCUT2D eigenvalue weighted by atomic mass is 9.51. The molecular formula is C16H26O. The van der Waals surface area contributed by atoms with Crippen LogP contribution in [0.5, 0.6) is 0 Å². The second kappa shape index (κ2) is 4.26. The Bertz CT molecular complexity index is 343.